The van der Waals surface area contributed by atoms with Gasteiger partial charge in [0, 0.05) is 10.6 Å². The Bertz CT molecular complexity index is 558. The largest absolute Gasteiger partial charge is 0.399 e. The van der Waals surface area contributed by atoms with Gasteiger partial charge >= 0.3 is 0 Å². The Balaban J connectivity index is 1.82. The molecule has 3 N–H and O–H groups in total. The first-order valence-electron chi connectivity index (χ1n) is 5.60. The maximum atomic E-state index is 11.7. The molecule has 0 unspecified atom stereocenters. The summed E-state index contributed by atoms with van der Waals surface area (Å²) in [6.45, 7) is 0.402. The number of anilines is 2. The molecule has 19 heavy (non-hydrogen) atoms. The molecule has 0 fully saturated rings. The van der Waals surface area contributed by atoms with Crippen LogP contribution in [0.2, 0.25) is 5.02 Å². The molecule has 0 aliphatic carbocycles. The van der Waals surface area contributed by atoms with Gasteiger partial charge in [-0.25, -0.2) is 0 Å². The number of nitrogens with one attached hydrogen (secondary N) is 1. The number of nitrogens with two attached hydrogens (primary N) is 1. The summed E-state index contributed by atoms with van der Waals surface area (Å²) < 4.78 is 5.31. The number of carbonyl (C=O) groups excluding carboxylic acids is 1. The van der Waals surface area contributed by atoms with Crippen LogP contribution in [0.5, 0.6) is 0 Å². The minimum Gasteiger partial charge on any atom is -0.399 e. The zero-order chi connectivity index (χ0) is 13.7. The van der Waals surface area contributed by atoms with Gasteiger partial charge in [-0.1, -0.05) is 17.7 Å². The molecule has 0 saturated carbocycles. The Morgan fingerprint density at radius 3 is 3.00 bits per heavy atom. The third-order valence-electron chi connectivity index (χ3n) is 2.32. The van der Waals surface area contributed by atoms with Gasteiger partial charge in [0.25, 0.3) is 0 Å². The van der Waals surface area contributed by atoms with Gasteiger partial charge in [-0.3, -0.25) is 4.79 Å². The summed E-state index contributed by atoms with van der Waals surface area (Å²) in [5, 5.41) is 5.07. The summed E-state index contributed by atoms with van der Waals surface area (Å²) >= 11 is 7.53. The van der Waals surface area contributed by atoms with Crippen molar-refractivity contribution in [1.82, 2.24) is 0 Å². The van der Waals surface area contributed by atoms with E-state index < -0.39 is 0 Å². The monoisotopic (exact) mass is 296 g/mol. The molecule has 1 heterocycles. The third kappa shape index (κ3) is 4.24. The van der Waals surface area contributed by atoms with Crippen LogP contribution in [0.25, 0.3) is 0 Å². The van der Waals surface area contributed by atoms with Gasteiger partial charge in [0.05, 0.1) is 17.3 Å². The van der Waals surface area contributed by atoms with Crippen LogP contribution in [0, 0.1) is 0 Å². The van der Waals surface area contributed by atoms with Crippen molar-refractivity contribution in [2.24, 2.45) is 0 Å². The number of rotatable bonds is 5. The first-order chi connectivity index (χ1) is 9.15. The lowest BCUT2D eigenvalue weighted by Gasteiger charge is -2.08. The number of hydrogen-bond donors (Lipinski definition) is 2. The summed E-state index contributed by atoms with van der Waals surface area (Å²) in [4.78, 5) is 12.8. The fourth-order valence-corrected chi connectivity index (χ4v) is 2.27. The quantitative estimate of drug-likeness (QED) is 0.833. The topological polar surface area (TPSA) is 64.3 Å². The van der Waals surface area contributed by atoms with Crippen LogP contribution >= 0.6 is 22.9 Å². The first kappa shape index (κ1) is 13.9. The lowest BCUT2D eigenvalue weighted by molar-refractivity contribution is -0.120. The van der Waals surface area contributed by atoms with Crippen LogP contribution in [0.15, 0.2) is 35.7 Å². The van der Waals surface area contributed by atoms with Crippen molar-refractivity contribution in [2.45, 2.75) is 6.61 Å². The van der Waals surface area contributed by atoms with Crippen LogP contribution in [0.1, 0.15) is 4.88 Å². The molecule has 0 bridgehead atoms. The van der Waals surface area contributed by atoms with Gasteiger partial charge in [0.15, 0.2) is 0 Å². The Morgan fingerprint density at radius 1 is 1.42 bits per heavy atom. The predicted octanol–water partition coefficient (Wildman–Crippen LogP) is 3.14. The van der Waals surface area contributed by atoms with Crippen LogP contribution in [-0.2, 0) is 16.1 Å². The van der Waals surface area contributed by atoms with E-state index in [2.05, 4.69) is 5.32 Å². The van der Waals surface area contributed by atoms with Gasteiger partial charge in [-0.05, 0) is 29.6 Å². The first-order valence-corrected chi connectivity index (χ1v) is 6.86. The molecule has 2 rings (SSSR count). The molecule has 4 nitrogen and oxygen atoms in total. The van der Waals surface area contributed by atoms with Crippen molar-refractivity contribution in [2.75, 3.05) is 17.7 Å². The minimum absolute atomic E-state index is 0.0248. The molecule has 0 spiro atoms. The van der Waals surface area contributed by atoms with Gasteiger partial charge in [-0.2, -0.15) is 0 Å². The van der Waals surface area contributed by atoms with Gasteiger partial charge < -0.3 is 15.8 Å². The summed E-state index contributed by atoms with van der Waals surface area (Å²) in [5.74, 6) is -0.260. The van der Waals surface area contributed by atoms with E-state index in [0.29, 0.717) is 23.0 Å². The minimum atomic E-state index is -0.260. The summed E-state index contributed by atoms with van der Waals surface area (Å²) in [6.07, 6.45) is 0. The Hall–Kier alpha value is -1.56. The highest BCUT2D eigenvalue weighted by molar-refractivity contribution is 7.09. The van der Waals surface area contributed by atoms with E-state index in [1.54, 1.807) is 29.5 Å². The lowest BCUT2D eigenvalue weighted by atomic mass is 10.3. The SMILES string of the molecule is Nc1ccc(Cl)c(NC(=O)COCc2cccs2)c1. The van der Waals surface area contributed by atoms with E-state index in [1.165, 1.54) is 0 Å². The predicted molar refractivity (Wildman–Crippen MR) is 78.5 cm³/mol. The molecular weight excluding hydrogens is 284 g/mol. The van der Waals surface area contributed by atoms with Gasteiger partial charge in [-0.15, -0.1) is 11.3 Å². The van der Waals surface area contributed by atoms with Crippen molar-refractivity contribution in [1.29, 1.82) is 0 Å². The number of nitrogen functional groups attached to an aromatic ring is 1. The van der Waals surface area contributed by atoms with Crippen molar-refractivity contribution < 1.29 is 9.53 Å². The van der Waals surface area contributed by atoms with Crippen molar-refractivity contribution in [3.8, 4) is 0 Å². The second-order valence-electron chi connectivity index (χ2n) is 3.86. The average molecular weight is 297 g/mol. The van der Waals surface area contributed by atoms with Crippen LogP contribution in [-0.4, -0.2) is 12.5 Å². The number of amides is 1. The molecule has 0 aliphatic rings. The fraction of sp³-hybridized carbons (Fsp3) is 0.154. The number of hydrogen-bond acceptors (Lipinski definition) is 4. The van der Waals surface area contributed by atoms with Crippen LogP contribution in [0.3, 0.4) is 0 Å². The smallest absolute Gasteiger partial charge is 0.250 e. The maximum absolute atomic E-state index is 11.7. The molecule has 0 aliphatic heterocycles. The van der Waals surface area contributed by atoms with Gasteiger partial charge in [0.1, 0.15) is 6.61 Å². The second-order valence-corrected chi connectivity index (χ2v) is 5.30. The molecule has 0 atom stereocenters. The van der Waals surface area contributed by atoms with E-state index in [0.717, 1.165) is 4.88 Å². The molecule has 0 saturated heterocycles. The second kappa shape index (κ2) is 6.56. The highest BCUT2D eigenvalue weighted by atomic mass is 35.5. The maximum Gasteiger partial charge on any atom is 0.250 e. The van der Waals surface area contributed by atoms with Crippen LogP contribution in [0.4, 0.5) is 11.4 Å². The van der Waals surface area contributed by atoms with Crippen molar-refractivity contribution in [3.05, 3.63) is 45.6 Å². The average Bonchev–Trinajstić information content (AvgIpc) is 2.87. The highest BCUT2D eigenvalue weighted by Gasteiger charge is 2.06. The van der Waals surface area contributed by atoms with Crippen LogP contribution < -0.4 is 11.1 Å². The number of carbonyl (C=O) groups is 1. The Labute approximate surface area is 120 Å². The summed E-state index contributed by atoms with van der Waals surface area (Å²) in [7, 11) is 0. The number of halogens is 1. The third-order valence-corrected chi connectivity index (χ3v) is 3.50. The molecule has 1 aromatic heterocycles. The molecule has 1 aromatic carbocycles. The van der Waals surface area contributed by atoms with E-state index in [9.17, 15) is 4.79 Å². The molecule has 6 heteroatoms. The number of benzene rings is 1. The molecule has 2 aromatic rings. The van der Waals surface area contributed by atoms with E-state index in [4.69, 9.17) is 22.1 Å². The Kier molecular flexibility index (Phi) is 4.79. The zero-order valence-electron chi connectivity index (χ0n) is 10.1. The molecule has 0 radical (unpaired) electrons. The summed E-state index contributed by atoms with van der Waals surface area (Å²) in [5.41, 5.74) is 6.66. The normalized spacial score (nSPS) is 10.4. The standard InChI is InChI=1S/C13H13ClN2O2S/c14-11-4-3-9(15)6-12(11)16-13(17)8-18-7-10-2-1-5-19-10/h1-6H,7-8,15H2,(H,16,17). The molecule has 100 valence electrons. The van der Waals surface area contributed by atoms with Crippen molar-refractivity contribution in [3.63, 3.8) is 0 Å². The van der Waals surface area contributed by atoms with Gasteiger partial charge in [0.2, 0.25) is 5.91 Å². The highest BCUT2D eigenvalue weighted by Crippen LogP contribution is 2.23. The molecular formula is C13H13ClN2O2S. The van der Waals surface area contributed by atoms with Crippen molar-refractivity contribution >= 4 is 40.2 Å². The number of thiophene rings is 1. The Morgan fingerprint density at radius 2 is 2.26 bits per heavy atom. The van der Waals surface area contributed by atoms with E-state index in [-0.39, 0.29) is 12.5 Å². The fourth-order valence-electron chi connectivity index (χ4n) is 1.46. The molecule has 1 amide bonds. The lowest BCUT2D eigenvalue weighted by Crippen LogP contribution is -2.18. The zero-order valence-corrected chi connectivity index (χ0v) is 11.6. The van der Waals surface area contributed by atoms with E-state index >= 15 is 0 Å². The summed E-state index contributed by atoms with van der Waals surface area (Å²) in [6, 6.07) is 8.82. The number of ether oxygens (including phenoxy) is 1. The van der Waals surface area contributed by atoms with E-state index in [1.807, 2.05) is 17.5 Å².